The third kappa shape index (κ3) is 3.13. The van der Waals surface area contributed by atoms with Gasteiger partial charge in [-0.25, -0.2) is 13.6 Å². The highest BCUT2D eigenvalue weighted by Crippen LogP contribution is 2.27. The maximum absolute atomic E-state index is 12.1. The first-order valence-electron chi connectivity index (χ1n) is 4.14. The Morgan fingerprint density at radius 1 is 1.39 bits per heavy atom. The van der Waals surface area contributed by atoms with Crippen LogP contribution in [0.5, 0.6) is 11.6 Å². The Bertz CT molecular complexity index is 606. The van der Waals surface area contributed by atoms with Gasteiger partial charge in [0.25, 0.3) is 0 Å². The third-order valence-corrected chi connectivity index (χ3v) is 2.62. The summed E-state index contributed by atoms with van der Waals surface area (Å²) < 4.78 is 65.9. The van der Waals surface area contributed by atoms with Crippen LogP contribution in [0, 0.1) is 0 Å². The van der Waals surface area contributed by atoms with Gasteiger partial charge in [0, 0.05) is 6.20 Å². The zero-order chi connectivity index (χ0) is 14.1. The van der Waals surface area contributed by atoms with Crippen molar-refractivity contribution >= 4 is 10.0 Å². The summed E-state index contributed by atoms with van der Waals surface area (Å²) in [6.45, 7) is 0. The summed E-state index contributed by atoms with van der Waals surface area (Å²) in [6, 6.07) is 0. The Morgan fingerprint density at radius 3 is 2.33 bits per heavy atom. The predicted molar refractivity (Wildman–Crippen MR) is 51.7 cm³/mol. The van der Waals surface area contributed by atoms with Crippen LogP contribution in [0.1, 0.15) is 0 Å². The molecule has 0 radical (unpaired) electrons. The number of aromatic nitrogens is 1. The summed E-state index contributed by atoms with van der Waals surface area (Å²) in [6.07, 6.45) is -4.57. The molecule has 1 aromatic heterocycles. The van der Waals surface area contributed by atoms with Gasteiger partial charge in [-0.3, -0.25) is 4.79 Å². The minimum atomic E-state index is -5.18. The molecule has 3 N–H and O–H groups in total. The lowest BCUT2D eigenvalue weighted by atomic mass is 10.4. The highest BCUT2D eigenvalue weighted by Gasteiger charge is 2.35. The number of alkyl halides is 3. The van der Waals surface area contributed by atoms with E-state index in [1.165, 1.54) is 0 Å². The van der Waals surface area contributed by atoms with Crippen LogP contribution in [-0.2, 0) is 10.0 Å². The normalized spacial score (nSPS) is 12.3. The standard InChI is InChI=1S/C7H7F3N2O5S/c1-16-6-5(17-7(8,9)10)4(13)3(2-12-6)18(11,14)15/h2H,1H3,(H,12,13)(H2,11,14,15). The number of nitrogens with one attached hydrogen (secondary N) is 1. The van der Waals surface area contributed by atoms with Crippen LogP contribution >= 0.6 is 0 Å². The minimum absolute atomic E-state index is 0.611. The molecule has 0 atom stereocenters. The topological polar surface area (TPSA) is 111 Å². The van der Waals surface area contributed by atoms with Crippen LogP contribution in [0.4, 0.5) is 13.2 Å². The van der Waals surface area contributed by atoms with Gasteiger partial charge in [0.2, 0.25) is 27.1 Å². The molecule has 0 amide bonds. The smallest absolute Gasteiger partial charge is 0.480 e. The van der Waals surface area contributed by atoms with Crippen molar-refractivity contribution in [3.63, 3.8) is 0 Å². The number of primary sulfonamides is 1. The molecule has 0 bridgehead atoms. The van der Waals surface area contributed by atoms with Gasteiger partial charge in [-0.15, -0.1) is 13.2 Å². The van der Waals surface area contributed by atoms with E-state index in [1.54, 1.807) is 0 Å². The van der Waals surface area contributed by atoms with E-state index in [0.29, 0.717) is 6.20 Å². The summed E-state index contributed by atoms with van der Waals surface area (Å²) in [5.41, 5.74) is -1.55. The monoisotopic (exact) mass is 288 g/mol. The first-order chi connectivity index (χ1) is 8.06. The average Bonchev–Trinajstić information content (AvgIpc) is 2.17. The fourth-order valence-electron chi connectivity index (χ4n) is 1.05. The summed E-state index contributed by atoms with van der Waals surface area (Å²) in [4.78, 5) is 12.4. The first kappa shape index (κ1) is 14.3. The number of aromatic amines is 1. The van der Waals surface area contributed by atoms with Crippen molar-refractivity contribution in [3.8, 4) is 11.6 Å². The van der Waals surface area contributed by atoms with E-state index >= 15 is 0 Å². The van der Waals surface area contributed by atoms with Crippen LogP contribution in [-0.4, -0.2) is 26.9 Å². The number of pyridine rings is 1. The van der Waals surface area contributed by atoms with E-state index < -0.39 is 38.3 Å². The number of hydrogen-bond donors (Lipinski definition) is 2. The highest BCUT2D eigenvalue weighted by atomic mass is 32.2. The number of nitrogens with two attached hydrogens (primary N) is 1. The second-order valence-corrected chi connectivity index (χ2v) is 4.47. The Labute approximate surface area is 98.4 Å². The van der Waals surface area contributed by atoms with Crippen molar-refractivity contribution in [2.75, 3.05) is 7.11 Å². The molecule has 0 saturated carbocycles. The van der Waals surface area contributed by atoms with Gasteiger partial charge in [-0.1, -0.05) is 0 Å². The number of ether oxygens (including phenoxy) is 2. The average molecular weight is 288 g/mol. The molecule has 11 heteroatoms. The van der Waals surface area contributed by atoms with E-state index in [4.69, 9.17) is 0 Å². The molecule has 1 heterocycles. The quantitative estimate of drug-likeness (QED) is 0.808. The molecule has 0 aliphatic rings. The van der Waals surface area contributed by atoms with Crippen molar-refractivity contribution in [2.24, 2.45) is 5.14 Å². The Morgan fingerprint density at radius 2 is 1.94 bits per heavy atom. The molecular weight excluding hydrogens is 281 g/mol. The predicted octanol–water partition coefficient (Wildman–Crippen LogP) is -0.0705. The second kappa shape index (κ2) is 4.49. The molecule has 1 aromatic rings. The zero-order valence-corrected chi connectivity index (χ0v) is 9.55. The van der Waals surface area contributed by atoms with Gasteiger partial charge in [0.15, 0.2) is 0 Å². The largest absolute Gasteiger partial charge is 0.573 e. The van der Waals surface area contributed by atoms with Crippen LogP contribution in [0.25, 0.3) is 0 Å². The summed E-state index contributed by atoms with van der Waals surface area (Å²) >= 11 is 0. The fraction of sp³-hybridized carbons (Fsp3) is 0.286. The number of halogens is 3. The van der Waals surface area contributed by atoms with E-state index in [1.807, 2.05) is 4.98 Å². The summed E-state index contributed by atoms with van der Waals surface area (Å²) in [7, 11) is -3.52. The Balaban J connectivity index is 3.52. The van der Waals surface area contributed by atoms with E-state index in [2.05, 4.69) is 14.6 Å². The molecule has 102 valence electrons. The van der Waals surface area contributed by atoms with Crippen molar-refractivity contribution in [1.29, 1.82) is 0 Å². The second-order valence-electron chi connectivity index (χ2n) is 2.94. The van der Waals surface area contributed by atoms with E-state index in [-0.39, 0.29) is 0 Å². The fourth-order valence-corrected chi connectivity index (χ4v) is 1.62. The number of sulfonamides is 1. The lowest BCUT2D eigenvalue weighted by Crippen LogP contribution is -2.27. The molecule has 7 nitrogen and oxygen atoms in total. The van der Waals surface area contributed by atoms with Crippen LogP contribution in [0.3, 0.4) is 0 Å². The third-order valence-electron chi connectivity index (χ3n) is 1.70. The zero-order valence-electron chi connectivity index (χ0n) is 8.74. The van der Waals surface area contributed by atoms with Gasteiger partial charge >= 0.3 is 6.36 Å². The summed E-state index contributed by atoms with van der Waals surface area (Å²) in [5, 5.41) is 4.66. The molecule has 1 rings (SSSR count). The van der Waals surface area contributed by atoms with Crippen LogP contribution in [0.2, 0.25) is 0 Å². The molecular formula is C7H7F3N2O5S. The molecule has 0 saturated heterocycles. The van der Waals surface area contributed by atoms with Crippen LogP contribution in [0.15, 0.2) is 15.9 Å². The van der Waals surface area contributed by atoms with Gasteiger partial charge in [-0.2, -0.15) is 0 Å². The first-order valence-corrected chi connectivity index (χ1v) is 5.69. The molecule has 0 unspecified atom stereocenters. The minimum Gasteiger partial charge on any atom is -0.480 e. The van der Waals surface area contributed by atoms with Gasteiger partial charge in [-0.05, 0) is 0 Å². The Kier molecular flexibility index (Phi) is 3.57. The van der Waals surface area contributed by atoms with Gasteiger partial charge < -0.3 is 14.5 Å². The van der Waals surface area contributed by atoms with Crippen molar-refractivity contribution in [2.45, 2.75) is 11.3 Å². The lowest BCUT2D eigenvalue weighted by molar-refractivity contribution is -0.275. The molecule has 0 aliphatic heterocycles. The lowest BCUT2D eigenvalue weighted by Gasteiger charge is -2.12. The molecule has 0 aromatic carbocycles. The van der Waals surface area contributed by atoms with Crippen molar-refractivity contribution in [1.82, 2.24) is 4.98 Å². The van der Waals surface area contributed by atoms with Crippen molar-refractivity contribution < 1.29 is 31.1 Å². The number of rotatable bonds is 3. The molecule has 0 spiro atoms. The van der Waals surface area contributed by atoms with Gasteiger partial charge in [0.05, 0.1) is 7.11 Å². The van der Waals surface area contributed by atoms with Crippen molar-refractivity contribution in [3.05, 3.63) is 16.4 Å². The maximum atomic E-state index is 12.1. The van der Waals surface area contributed by atoms with E-state index in [0.717, 1.165) is 7.11 Å². The Hall–Kier alpha value is -1.75. The molecule has 0 fully saturated rings. The van der Waals surface area contributed by atoms with E-state index in [9.17, 15) is 26.4 Å². The number of H-pyrrole nitrogens is 1. The highest BCUT2D eigenvalue weighted by molar-refractivity contribution is 7.89. The number of hydrogen-bond acceptors (Lipinski definition) is 5. The maximum Gasteiger partial charge on any atom is 0.573 e. The molecule has 0 aliphatic carbocycles. The van der Waals surface area contributed by atoms with Gasteiger partial charge in [0.1, 0.15) is 4.90 Å². The summed E-state index contributed by atoms with van der Waals surface area (Å²) in [5.74, 6) is -2.01. The van der Waals surface area contributed by atoms with Crippen LogP contribution < -0.4 is 20.0 Å². The number of methoxy groups -OCH3 is 1. The SMILES string of the molecule is COc1[nH]cc(S(N)(=O)=O)c(=O)c1OC(F)(F)F. The molecule has 18 heavy (non-hydrogen) atoms.